The number of H-pyrrole nitrogens is 1. The van der Waals surface area contributed by atoms with Gasteiger partial charge in [-0.1, -0.05) is 13.3 Å². The number of aryl methyl sites for hydroxylation is 1. The average Bonchev–Trinajstić information content (AvgIpc) is 2.64. The molecule has 0 atom stereocenters. The fourth-order valence-corrected chi connectivity index (χ4v) is 1.69. The van der Waals surface area contributed by atoms with Crippen LogP contribution in [0.5, 0.6) is 0 Å². The zero-order chi connectivity index (χ0) is 9.97. The largest absolute Gasteiger partial charge is 0.302 e. The van der Waals surface area contributed by atoms with Crippen molar-refractivity contribution in [3.8, 4) is 0 Å². The van der Waals surface area contributed by atoms with Crippen molar-refractivity contribution in [1.29, 1.82) is 0 Å². The van der Waals surface area contributed by atoms with Crippen molar-refractivity contribution in [3.63, 3.8) is 0 Å². The minimum Gasteiger partial charge on any atom is -0.302 e. The van der Waals surface area contributed by atoms with Gasteiger partial charge >= 0.3 is 0 Å². The molecule has 0 aliphatic rings. The average molecular weight is 190 g/mol. The predicted octanol–water partition coefficient (Wildman–Crippen LogP) is 1.97. The highest BCUT2D eigenvalue weighted by atomic mass is 16.1. The number of hydrogen-bond donors (Lipinski definition) is 1. The quantitative estimate of drug-likeness (QED) is 0.789. The summed E-state index contributed by atoms with van der Waals surface area (Å²) >= 11 is 0. The first-order chi connectivity index (χ1) is 6.83. The molecular weight excluding hydrogens is 176 g/mol. The number of aromatic nitrogens is 2. The molecule has 3 nitrogen and oxygen atoms in total. The fraction of sp³-hybridized carbons (Fsp3) is 0.364. The molecule has 2 rings (SSSR count). The number of fused-ring (bicyclic) bond motifs is 1. The monoisotopic (exact) mass is 190 g/mol. The Hall–Kier alpha value is -1.51. The predicted molar refractivity (Wildman–Crippen MR) is 56.6 cm³/mol. The molecule has 1 N–H and O–H groups in total. The van der Waals surface area contributed by atoms with Crippen molar-refractivity contribution >= 4 is 5.52 Å². The molecule has 0 spiro atoms. The second-order valence-electron chi connectivity index (χ2n) is 3.48. The summed E-state index contributed by atoms with van der Waals surface area (Å²) in [4.78, 5) is 11.6. The number of nitrogens with one attached hydrogen (secondary N) is 1. The van der Waals surface area contributed by atoms with Crippen molar-refractivity contribution in [2.75, 3.05) is 0 Å². The Morgan fingerprint density at radius 2 is 2.29 bits per heavy atom. The number of nitrogens with zero attached hydrogens (tertiary/aromatic N) is 1. The summed E-state index contributed by atoms with van der Waals surface area (Å²) in [6, 6.07) is 3.57. The van der Waals surface area contributed by atoms with Crippen LogP contribution in [-0.2, 0) is 6.42 Å². The van der Waals surface area contributed by atoms with Crippen LogP contribution in [-0.4, -0.2) is 9.61 Å². The molecular formula is C11H14N2O. The molecule has 14 heavy (non-hydrogen) atoms. The molecule has 0 saturated carbocycles. The summed E-state index contributed by atoms with van der Waals surface area (Å²) in [5, 5.41) is 3.04. The lowest BCUT2D eigenvalue weighted by Gasteiger charge is -2.01. The lowest BCUT2D eigenvalue weighted by Crippen LogP contribution is -2.09. The van der Waals surface area contributed by atoms with E-state index >= 15 is 0 Å². The first kappa shape index (κ1) is 9.06. The van der Waals surface area contributed by atoms with E-state index in [1.54, 1.807) is 12.3 Å². The van der Waals surface area contributed by atoms with E-state index in [0.717, 1.165) is 30.3 Å². The first-order valence-electron chi connectivity index (χ1n) is 5.00. The number of unbranched alkanes of at least 4 members (excludes halogenated alkanes) is 1. The van der Waals surface area contributed by atoms with Gasteiger partial charge in [-0.15, -0.1) is 0 Å². The van der Waals surface area contributed by atoms with Gasteiger partial charge in [-0.05, 0) is 18.9 Å². The molecule has 0 fully saturated rings. The van der Waals surface area contributed by atoms with E-state index in [4.69, 9.17) is 0 Å². The van der Waals surface area contributed by atoms with E-state index in [1.807, 2.05) is 16.8 Å². The smallest absolute Gasteiger partial charge is 0.185 e. The lowest BCUT2D eigenvalue weighted by atomic mass is 10.1. The van der Waals surface area contributed by atoms with Crippen LogP contribution in [0.4, 0.5) is 0 Å². The molecule has 0 unspecified atom stereocenters. The van der Waals surface area contributed by atoms with Crippen molar-refractivity contribution in [2.24, 2.45) is 0 Å². The minimum absolute atomic E-state index is 0.151. The van der Waals surface area contributed by atoms with Gasteiger partial charge in [0, 0.05) is 24.0 Å². The Balaban J connectivity index is 2.53. The van der Waals surface area contributed by atoms with E-state index < -0.39 is 0 Å². The number of hydrogen-bond acceptors (Lipinski definition) is 1. The lowest BCUT2D eigenvalue weighted by molar-refractivity contribution is 0.789. The topological polar surface area (TPSA) is 37.3 Å². The van der Waals surface area contributed by atoms with Crippen LogP contribution in [0.3, 0.4) is 0 Å². The maximum absolute atomic E-state index is 11.6. The SMILES string of the molecule is CCCCc1c(=O)ccn2[nH]ccc12. The van der Waals surface area contributed by atoms with Crippen molar-refractivity contribution in [1.82, 2.24) is 9.61 Å². The van der Waals surface area contributed by atoms with Crippen LogP contribution in [0.15, 0.2) is 29.3 Å². The molecule has 0 aliphatic heterocycles. The third-order valence-corrected chi connectivity index (χ3v) is 2.48. The van der Waals surface area contributed by atoms with Crippen LogP contribution < -0.4 is 5.43 Å². The van der Waals surface area contributed by atoms with Crippen LogP contribution in [0.1, 0.15) is 25.3 Å². The number of aromatic amines is 1. The molecule has 0 bridgehead atoms. The maximum atomic E-state index is 11.6. The van der Waals surface area contributed by atoms with Crippen LogP contribution in [0, 0.1) is 0 Å². The molecule has 2 heterocycles. The van der Waals surface area contributed by atoms with Gasteiger partial charge in [0.2, 0.25) is 0 Å². The highest BCUT2D eigenvalue weighted by Crippen LogP contribution is 2.08. The van der Waals surface area contributed by atoms with Gasteiger partial charge in [0.25, 0.3) is 0 Å². The minimum atomic E-state index is 0.151. The normalized spacial score (nSPS) is 10.9. The van der Waals surface area contributed by atoms with Gasteiger partial charge in [-0.3, -0.25) is 9.31 Å². The number of pyridine rings is 1. The first-order valence-corrected chi connectivity index (χ1v) is 5.00. The third kappa shape index (κ3) is 1.45. The standard InChI is InChI=1S/C11H14N2O/c1-2-3-4-9-10-5-7-12-13(10)8-6-11(9)14/h5-8,12H,2-4H2,1H3. The van der Waals surface area contributed by atoms with E-state index in [2.05, 4.69) is 12.0 Å². The Labute approximate surface area is 82.4 Å². The van der Waals surface area contributed by atoms with Crippen molar-refractivity contribution in [2.45, 2.75) is 26.2 Å². The molecule has 0 saturated heterocycles. The van der Waals surface area contributed by atoms with Gasteiger partial charge in [0.1, 0.15) is 0 Å². The number of rotatable bonds is 3. The molecule has 74 valence electrons. The Kier molecular flexibility index (Phi) is 2.39. The van der Waals surface area contributed by atoms with Crippen LogP contribution in [0.25, 0.3) is 5.52 Å². The molecule has 3 heteroatoms. The van der Waals surface area contributed by atoms with E-state index in [-0.39, 0.29) is 5.43 Å². The van der Waals surface area contributed by atoms with Gasteiger partial charge in [-0.2, -0.15) is 0 Å². The van der Waals surface area contributed by atoms with Crippen LogP contribution >= 0.6 is 0 Å². The van der Waals surface area contributed by atoms with Crippen molar-refractivity contribution in [3.05, 3.63) is 40.3 Å². The molecule has 2 aromatic rings. The summed E-state index contributed by atoms with van der Waals surface area (Å²) in [5.74, 6) is 0. The summed E-state index contributed by atoms with van der Waals surface area (Å²) in [7, 11) is 0. The maximum Gasteiger partial charge on any atom is 0.185 e. The van der Waals surface area contributed by atoms with E-state index in [9.17, 15) is 4.79 Å². The second-order valence-corrected chi connectivity index (χ2v) is 3.48. The summed E-state index contributed by atoms with van der Waals surface area (Å²) in [6.45, 7) is 2.13. The molecule has 0 amide bonds. The molecule has 2 aromatic heterocycles. The highest BCUT2D eigenvalue weighted by molar-refractivity contribution is 5.53. The fourth-order valence-electron chi connectivity index (χ4n) is 1.69. The molecule has 0 aromatic carbocycles. The zero-order valence-electron chi connectivity index (χ0n) is 8.29. The summed E-state index contributed by atoms with van der Waals surface area (Å²) < 4.78 is 1.88. The second kappa shape index (κ2) is 3.70. The summed E-state index contributed by atoms with van der Waals surface area (Å²) in [5.41, 5.74) is 2.08. The molecule has 0 aliphatic carbocycles. The van der Waals surface area contributed by atoms with Crippen LogP contribution in [0.2, 0.25) is 0 Å². The van der Waals surface area contributed by atoms with Gasteiger partial charge in [-0.25, -0.2) is 0 Å². The Morgan fingerprint density at radius 1 is 1.43 bits per heavy atom. The third-order valence-electron chi connectivity index (χ3n) is 2.48. The van der Waals surface area contributed by atoms with Gasteiger partial charge in [0.05, 0.1) is 5.52 Å². The van der Waals surface area contributed by atoms with E-state index in [0.29, 0.717) is 0 Å². The van der Waals surface area contributed by atoms with E-state index in [1.165, 1.54) is 0 Å². The zero-order valence-corrected chi connectivity index (χ0v) is 8.29. The van der Waals surface area contributed by atoms with Crippen molar-refractivity contribution < 1.29 is 0 Å². The highest BCUT2D eigenvalue weighted by Gasteiger charge is 2.04. The Bertz CT molecular complexity index is 481. The Morgan fingerprint density at radius 3 is 3.07 bits per heavy atom. The molecule has 0 radical (unpaired) electrons. The summed E-state index contributed by atoms with van der Waals surface area (Å²) in [6.07, 6.45) is 6.68. The van der Waals surface area contributed by atoms with Gasteiger partial charge in [0.15, 0.2) is 5.43 Å². The van der Waals surface area contributed by atoms with Gasteiger partial charge < -0.3 is 5.10 Å².